The Kier molecular flexibility index (Phi) is 7.24. The molecule has 0 amide bonds. The lowest BCUT2D eigenvalue weighted by atomic mass is 9.74. The van der Waals surface area contributed by atoms with Crippen molar-refractivity contribution in [3.63, 3.8) is 0 Å². The Hall–Kier alpha value is -7.56. The molecule has 12 rings (SSSR count). The fourth-order valence-corrected chi connectivity index (χ4v) is 9.68. The van der Waals surface area contributed by atoms with Crippen LogP contribution in [0.4, 0.5) is 17.1 Å². The molecule has 3 heterocycles. The molecule has 59 heavy (non-hydrogen) atoms. The summed E-state index contributed by atoms with van der Waals surface area (Å²) >= 11 is 0. The molecule has 0 atom stereocenters. The van der Waals surface area contributed by atoms with Gasteiger partial charge in [0.1, 0.15) is 0 Å². The monoisotopic (exact) mass is 754 g/mol. The zero-order valence-corrected chi connectivity index (χ0v) is 32.8. The molecule has 0 fully saturated rings. The molecule has 0 N–H and O–H groups in total. The second kappa shape index (κ2) is 12.7. The van der Waals surface area contributed by atoms with Gasteiger partial charge in [0.05, 0.1) is 27.9 Å². The van der Waals surface area contributed by atoms with E-state index in [1.165, 1.54) is 54.8 Å². The summed E-state index contributed by atoms with van der Waals surface area (Å²) in [5, 5.41) is 8.35. The number of hydrogen-bond donors (Lipinski definition) is 0. The van der Waals surface area contributed by atoms with Crippen LogP contribution >= 0.6 is 0 Å². The van der Waals surface area contributed by atoms with E-state index in [-0.39, 0.29) is 5.41 Å². The fraction of sp³-hybridized carbons (Fsp3) is 0.0545. The minimum Gasteiger partial charge on any atom is -0.310 e. The summed E-state index contributed by atoms with van der Waals surface area (Å²) in [4.78, 5) is 13.2. The van der Waals surface area contributed by atoms with E-state index in [1.54, 1.807) is 0 Å². The SMILES string of the molecule is CC1(C)c2cc(-c3nc(-c4ccccc4)c4ccc5ccccc5c4n3)ccc2-n2c3ccc4ccccc4c3c3cc(N(c4ccccc4)c4ccccc4)cc1c32. The van der Waals surface area contributed by atoms with Gasteiger partial charge in [-0.25, -0.2) is 9.97 Å². The summed E-state index contributed by atoms with van der Waals surface area (Å²) in [6.07, 6.45) is 0. The van der Waals surface area contributed by atoms with E-state index in [2.05, 4.69) is 217 Å². The molecule has 11 aromatic rings. The predicted octanol–water partition coefficient (Wildman–Crippen LogP) is 14.5. The lowest BCUT2D eigenvalue weighted by Crippen LogP contribution is -2.27. The number of hydrogen-bond acceptors (Lipinski definition) is 3. The van der Waals surface area contributed by atoms with E-state index < -0.39 is 0 Å². The Bertz CT molecular complexity index is 3420. The van der Waals surface area contributed by atoms with Crippen LogP contribution < -0.4 is 4.90 Å². The molecule has 0 radical (unpaired) electrons. The summed E-state index contributed by atoms with van der Waals surface area (Å²) < 4.78 is 2.51. The molecule has 2 aromatic heterocycles. The van der Waals surface area contributed by atoms with Crippen molar-refractivity contribution in [2.45, 2.75) is 19.3 Å². The number of anilines is 3. The van der Waals surface area contributed by atoms with Crippen LogP contribution in [-0.2, 0) is 5.41 Å². The van der Waals surface area contributed by atoms with Gasteiger partial charge in [-0.2, -0.15) is 0 Å². The van der Waals surface area contributed by atoms with Gasteiger partial charge in [-0.05, 0) is 94.0 Å². The Morgan fingerprint density at radius 2 is 1.08 bits per heavy atom. The molecule has 1 aliphatic rings. The van der Waals surface area contributed by atoms with Gasteiger partial charge in [0.25, 0.3) is 0 Å². The van der Waals surface area contributed by atoms with Gasteiger partial charge in [-0.3, -0.25) is 0 Å². The molecule has 278 valence electrons. The van der Waals surface area contributed by atoms with Crippen molar-refractivity contribution in [3.8, 4) is 28.3 Å². The van der Waals surface area contributed by atoms with E-state index in [1.807, 2.05) is 0 Å². The lowest BCUT2D eigenvalue weighted by molar-refractivity contribution is 0.630. The zero-order chi connectivity index (χ0) is 39.2. The van der Waals surface area contributed by atoms with Crippen molar-refractivity contribution in [2.75, 3.05) is 4.90 Å². The van der Waals surface area contributed by atoms with Gasteiger partial charge >= 0.3 is 0 Å². The minimum atomic E-state index is -0.384. The van der Waals surface area contributed by atoms with Crippen LogP contribution in [0.25, 0.3) is 82.6 Å². The fourth-order valence-electron chi connectivity index (χ4n) is 9.68. The highest BCUT2D eigenvalue weighted by Gasteiger charge is 2.37. The first-order valence-electron chi connectivity index (χ1n) is 20.3. The van der Waals surface area contributed by atoms with E-state index in [0.29, 0.717) is 0 Å². The van der Waals surface area contributed by atoms with E-state index in [4.69, 9.17) is 9.97 Å². The Labute approximate surface area is 342 Å². The van der Waals surface area contributed by atoms with Crippen LogP contribution in [0, 0.1) is 0 Å². The molecule has 0 unspecified atom stereocenters. The second-order valence-corrected chi connectivity index (χ2v) is 16.2. The van der Waals surface area contributed by atoms with Crippen LogP contribution in [0.1, 0.15) is 25.0 Å². The first-order chi connectivity index (χ1) is 29.0. The summed E-state index contributed by atoms with van der Waals surface area (Å²) in [6.45, 7) is 4.76. The molecule has 1 aliphatic heterocycles. The average Bonchev–Trinajstić information content (AvgIpc) is 3.63. The van der Waals surface area contributed by atoms with Crippen molar-refractivity contribution in [1.29, 1.82) is 0 Å². The number of benzene rings is 9. The first kappa shape index (κ1) is 33.6. The van der Waals surface area contributed by atoms with Crippen LogP contribution in [-0.4, -0.2) is 14.5 Å². The highest BCUT2D eigenvalue weighted by Crippen LogP contribution is 2.52. The molecule has 4 heteroatoms. The third kappa shape index (κ3) is 5.03. The lowest BCUT2D eigenvalue weighted by Gasteiger charge is -2.36. The van der Waals surface area contributed by atoms with Crippen molar-refractivity contribution in [3.05, 3.63) is 205 Å². The Balaban J connectivity index is 1.15. The van der Waals surface area contributed by atoms with Gasteiger partial charge in [-0.15, -0.1) is 0 Å². The smallest absolute Gasteiger partial charge is 0.160 e. The normalized spacial score (nSPS) is 13.1. The van der Waals surface area contributed by atoms with Crippen molar-refractivity contribution in [1.82, 2.24) is 14.5 Å². The summed E-state index contributed by atoms with van der Waals surface area (Å²) in [7, 11) is 0. The Morgan fingerprint density at radius 3 is 1.81 bits per heavy atom. The topological polar surface area (TPSA) is 34.0 Å². The van der Waals surface area contributed by atoms with Crippen LogP contribution in [0.2, 0.25) is 0 Å². The van der Waals surface area contributed by atoms with Gasteiger partial charge in [0.2, 0.25) is 0 Å². The number of nitrogens with zero attached hydrogens (tertiary/aromatic N) is 4. The van der Waals surface area contributed by atoms with Crippen LogP contribution in [0.15, 0.2) is 194 Å². The number of fused-ring (bicyclic) bond motifs is 10. The summed E-state index contributed by atoms with van der Waals surface area (Å²) in [5.74, 6) is 0.721. The molecule has 0 saturated heterocycles. The molecular formula is C55H38N4. The third-order valence-electron chi connectivity index (χ3n) is 12.5. The standard InChI is InChI=1S/C55H38N4/c1-55(2)46-32-38(54-56-51(37-18-6-3-7-19-37)44-29-26-36-17-13-15-25-43(36)52(44)57-54)28-30-48(46)59-49-31-27-35-16-12-14-24-42(35)50(49)45-33-41(34-47(55)53(45)59)58(39-20-8-4-9-21-39)40-22-10-5-11-23-40/h3-34H,1-2H3. The molecule has 0 aliphatic carbocycles. The molecule has 0 saturated carbocycles. The maximum atomic E-state index is 5.39. The Morgan fingerprint density at radius 1 is 0.458 bits per heavy atom. The molecule has 4 nitrogen and oxygen atoms in total. The summed E-state index contributed by atoms with van der Waals surface area (Å²) in [5.41, 5.74) is 13.1. The van der Waals surface area contributed by atoms with E-state index >= 15 is 0 Å². The molecule has 0 spiro atoms. The molecular weight excluding hydrogens is 717 g/mol. The maximum absolute atomic E-state index is 5.39. The van der Waals surface area contributed by atoms with Crippen LogP contribution in [0.3, 0.4) is 0 Å². The van der Waals surface area contributed by atoms with Gasteiger partial charge in [0, 0.05) is 55.1 Å². The van der Waals surface area contributed by atoms with Crippen molar-refractivity contribution < 1.29 is 0 Å². The quantitative estimate of drug-likeness (QED) is 0.164. The van der Waals surface area contributed by atoms with Gasteiger partial charge in [0.15, 0.2) is 5.82 Å². The maximum Gasteiger partial charge on any atom is 0.160 e. The van der Waals surface area contributed by atoms with Crippen molar-refractivity contribution in [2.24, 2.45) is 0 Å². The average molecular weight is 755 g/mol. The van der Waals surface area contributed by atoms with E-state index in [9.17, 15) is 0 Å². The predicted molar refractivity (Wildman–Crippen MR) is 247 cm³/mol. The molecule has 9 aromatic carbocycles. The highest BCUT2D eigenvalue weighted by atomic mass is 15.1. The number of aromatic nitrogens is 3. The molecule has 0 bridgehead atoms. The van der Waals surface area contributed by atoms with Crippen LogP contribution in [0.5, 0.6) is 0 Å². The van der Waals surface area contributed by atoms with Gasteiger partial charge < -0.3 is 9.47 Å². The zero-order valence-electron chi connectivity index (χ0n) is 32.8. The first-order valence-corrected chi connectivity index (χ1v) is 20.3. The van der Waals surface area contributed by atoms with Crippen molar-refractivity contribution >= 4 is 71.3 Å². The van der Waals surface area contributed by atoms with E-state index in [0.717, 1.165) is 56.0 Å². The largest absolute Gasteiger partial charge is 0.310 e. The number of para-hydroxylation sites is 2. The van der Waals surface area contributed by atoms with Gasteiger partial charge in [-0.1, -0.05) is 141 Å². The number of rotatable bonds is 5. The minimum absolute atomic E-state index is 0.384. The second-order valence-electron chi connectivity index (χ2n) is 16.2. The highest BCUT2D eigenvalue weighted by molar-refractivity contribution is 6.23. The summed E-state index contributed by atoms with van der Waals surface area (Å²) in [6, 6.07) is 70.0. The third-order valence-corrected chi connectivity index (χ3v) is 12.5.